The summed E-state index contributed by atoms with van der Waals surface area (Å²) in [4.78, 5) is 4.21. The smallest absolute Gasteiger partial charge is 0.165 e. The second-order valence-corrected chi connectivity index (χ2v) is 6.86. The molecule has 1 aliphatic heterocycles. The highest BCUT2D eigenvalue weighted by Gasteiger charge is 2.20. The molecule has 0 aliphatic carbocycles. The zero-order chi connectivity index (χ0) is 20.4. The lowest BCUT2D eigenvalue weighted by molar-refractivity contribution is 0.318. The van der Waals surface area contributed by atoms with Crippen molar-refractivity contribution in [3.05, 3.63) is 59.3 Å². The van der Waals surface area contributed by atoms with Gasteiger partial charge in [0.15, 0.2) is 11.7 Å². The first-order valence-corrected chi connectivity index (χ1v) is 9.11. The fraction of sp³-hybridized carbons (Fsp3) is 0.167. The van der Waals surface area contributed by atoms with Crippen LogP contribution in [-0.4, -0.2) is 33.7 Å². The van der Waals surface area contributed by atoms with Gasteiger partial charge in [-0.15, -0.1) is 5.10 Å². The van der Waals surface area contributed by atoms with Crippen LogP contribution in [0.15, 0.2) is 53.2 Å². The van der Waals surface area contributed by atoms with E-state index >= 15 is 0 Å². The van der Waals surface area contributed by atoms with Gasteiger partial charge in [0, 0.05) is 36.6 Å². The molecule has 0 spiro atoms. The molecule has 1 saturated heterocycles. The van der Waals surface area contributed by atoms with Crippen molar-refractivity contribution in [2.45, 2.75) is 6.04 Å². The topological polar surface area (TPSA) is 129 Å². The third kappa shape index (κ3) is 3.80. The molecule has 2 aromatic heterocycles. The summed E-state index contributed by atoms with van der Waals surface area (Å²) in [5.74, 6) is -0.421. The van der Waals surface area contributed by atoms with E-state index in [1.807, 2.05) is 10.9 Å². The van der Waals surface area contributed by atoms with Gasteiger partial charge in [0.1, 0.15) is 5.82 Å². The molecule has 0 radical (unpaired) electrons. The van der Waals surface area contributed by atoms with Gasteiger partial charge in [0.05, 0.1) is 28.5 Å². The quantitative estimate of drug-likeness (QED) is 0.221. The normalized spacial score (nSPS) is 14.5. The number of amidine groups is 1. The van der Waals surface area contributed by atoms with Crippen LogP contribution < -0.4 is 16.4 Å². The number of anilines is 2. The van der Waals surface area contributed by atoms with Gasteiger partial charge in [-0.3, -0.25) is 4.68 Å². The molecular formula is C18H17ClFN9. The molecule has 11 heteroatoms. The average Bonchev–Trinajstić information content (AvgIpc) is 3.13. The second kappa shape index (κ2) is 7.94. The van der Waals surface area contributed by atoms with Crippen molar-refractivity contribution < 1.29 is 4.39 Å². The molecule has 29 heavy (non-hydrogen) atoms. The van der Waals surface area contributed by atoms with Crippen LogP contribution in [0.5, 0.6) is 0 Å². The Kier molecular flexibility index (Phi) is 5.19. The number of halogens is 2. The standard InChI is InChI=1S/C18H17ClFN9/c19-14-2-1-3-15(16(14)20)26-18(27-28-22)13-4-10(5-24-17(13)21)11-6-25-29(9-11)12-7-23-8-12/h1-6,9,12,23H,7-8H2,(H2,21,24)(H2,22,26,27). The number of hydrogen-bond donors (Lipinski definition) is 4. The fourth-order valence-corrected chi connectivity index (χ4v) is 3.07. The number of pyridine rings is 1. The minimum Gasteiger partial charge on any atom is -0.383 e. The maximum absolute atomic E-state index is 14.3. The van der Waals surface area contributed by atoms with Crippen LogP contribution in [0.3, 0.4) is 0 Å². The molecule has 4 rings (SSSR count). The summed E-state index contributed by atoms with van der Waals surface area (Å²) in [6.45, 7) is 1.76. The monoisotopic (exact) mass is 413 g/mol. The van der Waals surface area contributed by atoms with Crippen molar-refractivity contribution in [2.24, 2.45) is 10.3 Å². The molecule has 0 bridgehead atoms. The Morgan fingerprint density at radius 1 is 1.34 bits per heavy atom. The molecule has 0 saturated carbocycles. The van der Waals surface area contributed by atoms with Crippen molar-refractivity contribution in [1.29, 1.82) is 5.53 Å². The van der Waals surface area contributed by atoms with E-state index < -0.39 is 5.82 Å². The fourth-order valence-electron chi connectivity index (χ4n) is 2.89. The van der Waals surface area contributed by atoms with Crippen molar-refractivity contribution in [3.8, 4) is 11.1 Å². The summed E-state index contributed by atoms with van der Waals surface area (Å²) in [5, 5.41) is 17.2. The molecule has 0 unspecified atom stereocenters. The Morgan fingerprint density at radius 3 is 2.90 bits per heavy atom. The number of benzene rings is 1. The van der Waals surface area contributed by atoms with E-state index in [1.54, 1.807) is 24.5 Å². The van der Waals surface area contributed by atoms with Gasteiger partial charge in [-0.2, -0.15) is 10.6 Å². The van der Waals surface area contributed by atoms with Gasteiger partial charge in [-0.1, -0.05) is 22.9 Å². The largest absolute Gasteiger partial charge is 0.383 e. The van der Waals surface area contributed by atoms with E-state index in [0.29, 0.717) is 11.6 Å². The molecule has 1 fully saturated rings. The van der Waals surface area contributed by atoms with Crippen molar-refractivity contribution in [3.63, 3.8) is 0 Å². The third-order valence-corrected chi connectivity index (χ3v) is 4.89. The number of nitrogens with one attached hydrogen (secondary N) is 3. The van der Waals surface area contributed by atoms with Gasteiger partial charge < -0.3 is 16.4 Å². The van der Waals surface area contributed by atoms with Gasteiger partial charge in [-0.05, 0) is 18.2 Å². The van der Waals surface area contributed by atoms with E-state index in [4.69, 9.17) is 22.9 Å². The molecule has 3 heterocycles. The molecule has 1 aliphatic rings. The van der Waals surface area contributed by atoms with Crippen LogP contribution in [0.2, 0.25) is 5.02 Å². The summed E-state index contributed by atoms with van der Waals surface area (Å²) < 4.78 is 16.2. The third-order valence-electron chi connectivity index (χ3n) is 4.60. The summed E-state index contributed by atoms with van der Waals surface area (Å²) in [6.07, 6.45) is 5.29. The number of nitrogen functional groups attached to an aromatic ring is 1. The molecule has 1 aromatic carbocycles. The van der Waals surface area contributed by atoms with Crippen LogP contribution in [0.1, 0.15) is 11.6 Å². The Labute approximate surface area is 170 Å². The first-order valence-electron chi connectivity index (χ1n) is 8.73. The van der Waals surface area contributed by atoms with Gasteiger partial charge in [0.25, 0.3) is 0 Å². The minimum absolute atomic E-state index is 0.0464. The van der Waals surface area contributed by atoms with Gasteiger partial charge in [-0.25, -0.2) is 9.37 Å². The van der Waals surface area contributed by atoms with E-state index in [-0.39, 0.29) is 22.4 Å². The first-order chi connectivity index (χ1) is 14.1. The molecule has 0 atom stereocenters. The maximum Gasteiger partial charge on any atom is 0.165 e. The van der Waals surface area contributed by atoms with Crippen LogP contribution in [0.25, 0.3) is 11.1 Å². The van der Waals surface area contributed by atoms with Gasteiger partial charge >= 0.3 is 0 Å². The van der Waals surface area contributed by atoms with Crippen molar-refractivity contribution in [1.82, 2.24) is 20.1 Å². The number of nitrogens with zero attached hydrogens (tertiary/aromatic N) is 5. The molecule has 5 N–H and O–H groups in total. The van der Waals surface area contributed by atoms with E-state index in [0.717, 1.165) is 24.2 Å². The molecular weight excluding hydrogens is 397 g/mol. The maximum atomic E-state index is 14.3. The Morgan fingerprint density at radius 2 is 2.17 bits per heavy atom. The summed E-state index contributed by atoms with van der Waals surface area (Å²) >= 11 is 5.84. The zero-order valence-electron chi connectivity index (χ0n) is 15.1. The lowest BCUT2D eigenvalue weighted by Gasteiger charge is -2.27. The molecule has 148 valence electrons. The first kappa shape index (κ1) is 19.0. The zero-order valence-corrected chi connectivity index (χ0v) is 15.9. The molecule has 3 aromatic rings. The molecule has 0 amide bonds. The highest BCUT2D eigenvalue weighted by molar-refractivity contribution is 6.31. The average molecular weight is 414 g/mol. The Balaban J connectivity index is 1.69. The van der Waals surface area contributed by atoms with E-state index in [1.165, 1.54) is 12.1 Å². The second-order valence-electron chi connectivity index (χ2n) is 6.45. The van der Waals surface area contributed by atoms with Crippen LogP contribution in [0.4, 0.5) is 15.9 Å². The number of nitrogens with two attached hydrogens (primary N) is 1. The number of aromatic nitrogens is 3. The Bertz CT molecular complexity index is 1090. The van der Waals surface area contributed by atoms with Crippen LogP contribution >= 0.6 is 11.6 Å². The van der Waals surface area contributed by atoms with Crippen LogP contribution in [0, 0.1) is 11.3 Å². The van der Waals surface area contributed by atoms with Crippen molar-refractivity contribution >= 4 is 28.9 Å². The predicted molar refractivity (Wildman–Crippen MR) is 108 cm³/mol. The van der Waals surface area contributed by atoms with Crippen molar-refractivity contribution in [2.75, 3.05) is 24.1 Å². The number of rotatable bonds is 5. The lowest BCUT2D eigenvalue weighted by Crippen LogP contribution is -2.43. The SMILES string of the molecule is N=N/N=C(\Nc1cccc(Cl)c1F)c1cc(-c2cnn(C3CNC3)c2)cnc1N. The summed E-state index contributed by atoms with van der Waals surface area (Å²) in [7, 11) is 0. The minimum atomic E-state index is -0.648. The van der Waals surface area contributed by atoms with E-state index in [2.05, 4.69) is 31.0 Å². The van der Waals surface area contributed by atoms with Gasteiger partial charge in [0.2, 0.25) is 0 Å². The number of hydrogen-bond acceptors (Lipinski definition) is 6. The highest BCUT2D eigenvalue weighted by Crippen LogP contribution is 2.26. The molecule has 9 nitrogen and oxygen atoms in total. The highest BCUT2D eigenvalue weighted by atomic mass is 35.5. The predicted octanol–water partition coefficient (Wildman–Crippen LogP) is 3.27. The lowest BCUT2D eigenvalue weighted by atomic mass is 10.1. The summed E-state index contributed by atoms with van der Waals surface area (Å²) in [5.41, 5.74) is 15.2. The Hall–Kier alpha value is -3.37. The van der Waals surface area contributed by atoms with E-state index in [9.17, 15) is 4.39 Å². The van der Waals surface area contributed by atoms with Crippen LogP contribution in [-0.2, 0) is 0 Å². The summed E-state index contributed by atoms with van der Waals surface area (Å²) in [6, 6.07) is 6.58.